The summed E-state index contributed by atoms with van der Waals surface area (Å²) in [5.74, 6) is 1.93. The average molecular weight is 486 g/mol. The van der Waals surface area contributed by atoms with Gasteiger partial charge in [0.1, 0.15) is 0 Å². The SMILES string of the molecule is CCOc1cc(/C=C2\N=C(c3ccc(C(C)C)cc3)OC2=O)cc(Br)c1OCC(C)C. The number of nitrogens with zero attached hydrogens (tertiary/aromatic N) is 1. The Morgan fingerprint density at radius 2 is 1.81 bits per heavy atom. The summed E-state index contributed by atoms with van der Waals surface area (Å²) in [6.45, 7) is 11.4. The van der Waals surface area contributed by atoms with E-state index in [-0.39, 0.29) is 5.70 Å². The monoisotopic (exact) mass is 485 g/mol. The normalized spacial score (nSPS) is 14.9. The number of halogens is 1. The third-order valence-corrected chi connectivity index (χ3v) is 5.23. The van der Waals surface area contributed by atoms with E-state index >= 15 is 0 Å². The van der Waals surface area contributed by atoms with Crippen LogP contribution in [0.2, 0.25) is 0 Å². The van der Waals surface area contributed by atoms with Crippen molar-refractivity contribution in [1.82, 2.24) is 0 Å². The molecule has 31 heavy (non-hydrogen) atoms. The highest BCUT2D eigenvalue weighted by molar-refractivity contribution is 9.10. The van der Waals surface area contributed by atoms with Crippen LogP contribution in [0.15, 0.2) is 51.6 Å². The maximum atomic E-state index is 12.4. The topological polar surface area (TPSA) is 57.1 Å². The summed E-state index contributed by atoms with van der Waals surface area (Å²) in [7, 11) is 0. The van der Waals surface area contributed by atoms with Crippen LogP contribution in [0.4, 0.5) is 0 Å². The van der Waals surface area contributed by atoms with Gasteiger partial charge in [-0.2, -0.15) is 0 Å². The summed E-state index contributed by atoms with van der Waals surface area (Å²) >= 11 is 3.56. The van der Waals surface area contributed by atoms with Crippen molar-refractivity contribution in [2.45, 2.75) is 40.5 Å². The Balaban J connectivity index is 1.90. The van der Waals surface area contributed by atoms with Crippen molar-refractivity contribution in [1.29, 1.82) is 0 Å². The van der Waals surface area contributed by atoms with E-state index in [9.17, 15) is 4.79 Å². The molecule has 0 saturated heterocycles. The van der Waals surface area contributed by atoms with E-state index in [4.69, 9.17) is 14.2 Å². The van der Waals surface area contributed by atoms with E-state index in [0.29, 0.717) is 42.4 Å². The Morgan fingerprint density at radius 3 is 2.42 bits per heavy atom. The van der Waals surface area contributed by atoms with Gasteiger partial charge in [0.15, 0.2) is 17.2 Å². The molecule has 164 valence electrons. The van der Waals surface area contributed by atoms with E-state index in [1.165, 1.54) is 5.56 Å². The fraction of sp³-hybridized carbons (Fsp3) is 0.360. The molecule has 0 aliphatic carbocycles. The molecule has 0 atom stereocenters. The van der Waals surface area contributed by atoms with Crippen molar-refractivity contribution in [3.8, 4) is 11.5 Å². The Hall–Kier alpha value is -2.60. The van der Waals surface area contributed by atoms with Crippen molar-refractivity contribution in [2.24, 2.45) is 10.9 Å². The molecule has 0 saturated carbocycles. The molecule has 0 amide bonds. The number of rotatable bonds is 8. The summed E-state index contributed by atoms with van der Waals surface area (Å²) < 4.78 is 17.8. The van der Waals surface area contributed by atoms with Gasteiger partial charge < -0.3 is 14.2 Å². The molecular weight excluding hydrogens is 458 g/mol. The van der Waals surface area contributed by atoms with E-state index in [1.54, 1.807) is 6.08 Å². The molecule has 0 spiro atoms. The van der Waals surface area contributed by atoms with Crippen molar-refractivity contribution in [2.75, 3.05) is 13.2 Å². The maximum absolute atomic E-state index is 12.4. The highest BCUT2D eigenvalue weighted by Crippen LogP contribution is 2.38. The van der Waals surface area contributed by atoms with Crippen LogP contribution < -0.4 is 9.47 Å². The fourth-order valence-corrected chi connectivity index (χ4v) is 3.60. The molecule has 0 bridgehead atoms. The predicted molar refractivity (Wildman–Crippen MR) is 127 cm³/mol. The van der Waals surface area contributed by atoms with Gasteiger partial charge in [-0.05, 0) is 76.2 Å². The number of carbonyl (C=O) groups excluding carboxylic acids is 1. The highest BCUT2D eigenvalue weighted by atomic mass is 79.9. The van der Waals surface area contributed by atoms with Gasteiger partial charge in [0, 0.05) is 5.56 Å². The number of hydrogen-bond donors (Lipinski definition) is 0. The third kappa shape index (κ3) is 5.76. The lowest BCUT2D eigenvalue weighted by Gasteiger charge is -2.16. The molecule has 1 aliphatic rings. The number of cyclic esters (lactones) is 1. The quantitative estimate of drug-likeness (QED) is 0.322. The smallest absolute Gasteiger partial charge is 0.363 e. The molecule has 0 fully saturated rings. The molecule has 5 nitrogen and oxygen atoms in total. The first-order valence-corrected chi connectivity index (χ1v) is 11.3. The van der Waals surface area contributed by atoms with Gasteiger partial charge in [-0.25, -0.2) is 9.79 Å². The number of ether oxygens (including phenoxy) is 3. The minimum Gasteiger partial charge on any atom is -0.490 e. The van der Waals surface area contributed by atoms with Crippen LogP contribution in [0.1, 0.15) is 57.2 Å². The van der Waals surface area contributed by atoms with Crippen LogP contribution in [0.25, 0.3) is 6.08 Å². The van der Waals surface area contributed by atoms with Crippen molar-refractivity contribution >= 4 is 33.9 Å². The van der Waals surface area contributed by atoms with Crippen LogP contribution in [-0.4, -0.2) is 25.1 Å². The Morgan fingerprint density at radius 1 is 1.10 bits per heavy atom. The molecule has 1 heterocycles. The van der Waals surface area contributed by atoms with Crippen molar-refractivity contribution < 1.29 is 19.0 Å². The summed E-state index contributed by atoms with van der Waals surface area (Å²) in [4.78, 5) is 16.8. The first-order valence-electron chi connectivity index (χ1n) is 10.5. The molecule has 0 radical (unpaired) electrons. The lowest BCUT2D eigenvalue weighted by molar-refractivity contribution is -0.129. The van der Waals surface area contributed by atoms with Crippen LogP contribution in [0, 0.1) is 5.92 Å². The van der Waals surface area contributed by atoms with Gasteiger partial charge in [0.2, 0.25) is 5.90 Å². The molecule has 2 aromatic carbocycles. The first kappa shape index (κ1) is 23.1. The zero-order valence-corrected chi connectivity index (χ0v) is 20.2. The first-order chi connectivity index (χ1) is 14.8. The van der Waals surface area contributed by atoms with Crippen LogP contribution in [0.3, 0.4) is 0 Å². The minimum atomic E-state index is -0.475. The zero-order valence-electron chi connectivity index (χ0n) is 18.6. The molecule has 0 unspecified atom stereocenters. The van der Waals surface area contributed by atoms with Gasteiger partial charge in [-0.1, -0.05) is 39.8 Å². The number of carbonyl (C=O) groups is 1. The summed E-state index contributed by atoms with van der Waals surface area (Å²) in [5, 5.41) is 0. The zero-order chi connectivity index (χ0) is 22.5. The summed E-state index contributed by atoms with van der Waals surface area (Å²) in [6, 6.07) is 11.6. The number of esters is 1. The van der Waals surface area contributed by atoms with Crippen molar-refractivity contribution in [3.63, 3.8) is 0 Å². The Bertz CT molecular complexity index is 1010. The van der Waals surface area contributed by atoms with Gasteiger partial charge in [-0.15, -0.1) is 0 Å². The summed E-state index contributed by atoms with van der Waals surface area (Å²) in [6.07, 6.45) is 1.69. The van der Waals surface area contributed by atoms with Gasteiger partial charge >= 0.3 is 5.97 Å². The minimum absolute atomic E-state index is 0.244. The molecule has 2 aromatic rings. The van der Waals surface area contributed by atoms with E-state index in [2.05, 4.69) is 48.6 Å². The molecular formula is C25H28BrNO4. The molecule has 3 rings (SSSR count). The largest absolute Gasteiger partial charge is 0.490 e. The van der Waals surface area contributed by atoms with Gasteiger partial charge in [-0.3, -0.25) is 0 Å². The standard InChI is InChI=1S/C25H28BrNO4/c1-6-29-22-13-17(11-20(26)23(22)30-14-15(2)3)12-21-25(28)31-24(27-21)19-9-7-18(8-10-19)16(4)5/h7-13,15-16H,6,14H2,1-5H3/b21-12-. The maximum Gasteiger partial charge on any atom is 0.363 e. The lowest BCUT2D eigenvalue weighted by atomic mass is 10.0. The fourth-order valence-electron chi connectivity index (χ4n) is 3.03. The lowest BCUT2D eigenvalue weighted by Crippen LogP contribution is -2.07. The molecule has 0 N–H and O–H groups in total. The second kappa shape index (κ2) is 10.1. The molecule has 6 heteroatoms. The Kier molecular flexibility index (Phi) is 7.55. The predicted octanol–water partition coefficient (Wildman–Crippen LogP) is 6.35. The third-order valence-electron chi connectivity index (χ3n) is 4.64. The molecule has 0 aromatic heterocycles. The van der Waals surface area contributed by atoms with Crippen LogP contribution >= 0.6 is 15.9 Å². The van der Waals surface area contributed by atoms with E-state index < -0.39 is 5.97 Å². The van der Waals surface area contributed by atoms with E-state index in [1.807, 2.05) is 43.3 Å². The highest BCUT2D eigenvalue weighted by Gasteiger charge is 2.24. The summed E-state index contributed by atoms with van der Waals surface area (Å²) in [5.41, 5.74) is 3.00. The number of hydrogen-bond acceptors (Lipinski definition) is 5. The average Bonchev–Trinajstić information content (AvgIpc) is 3.07. The second-order valence-electron chi connectivity index (χ2n) is 8.08. The molecule has 1 aliphatic heterocycles. The Labute approximate surface area is 192 Å². The van der Waals surface area contributed by atoms with Gasteiger partial charge in [0.05, 0.1) is 17.7 Å². The number of benzene rings is 2. The second-order valence-corrected chi connectivity index (χ2v) is 8.93. The van der Waals surface area contributed by atoms with Crippen molar-refractivity contribution in [3.05, 3.63) is 63.3 Å². The van der Waals surface area contributed by atoms with Gasteiger partial charge in [0.25, 0.3) is 0 Å². The van der Waals surface area contributed by atoms with Crippen LogP contribution in [0.5, 0.6) is 11.5 Å². The van der Waals surface area contributed by atoms with E-state index in [0.717, 1.165) is 15.6 Å². The van der Waals surface area contributed by atoms with Crippen LogP contribution in [-0.2, 0) is 9.53 Å². The number of aliphatic imine (C=N–C) groups is 1.